The van der Waals surface area contributed by atoms with Crippen molar-refractivity contribution in [1.82, 2.24) is 14.0 Å². The van der Waals surface area contributed by atoms with E-state index >= 15 is 0 Å². The fraction of sp³-hybridized carbons (Fsp3) is 0.500. The number of imidazole rings is 1. The maximum atomic E-state index is 12.6. The highest BCUT2D eigenvalue weighted by Gasteiger charge is 2.31. The molecular weight excluding hydrogens is 314 g/mol. The highest BCUT2D eigenvalue weighted by atomic mass is 32.2. The Morgan fingerprint density at radius 2 is 1.74 bits per heavy atom. The molecule has 0 radical (unpaired) electrons. The van der Waals surface area contributed by atoms with Crippen LogP contribution in [0, 0.1) is 0 Å². The molecule has 1 aliphatic rings. The van der Waals surface area contributed by atoms with E-state index in [0.29, 0.717) is 13.1 Å². The van der Waals surface area contributed by atoms with Crippen molar-refractivity contribution in [3.8, 4) is 0 Å². The molecule has 3 rings (SSSR count). The molecule has 0 saturated carbocycles. The molecule has 0 aliphatic carbocycles. The topological polar surface area (TPSA) is 64.3 Å². The first-order chi connectivity index (χ1) is 10.9. The zero-order chi connectivity index (χ0) is 16.7. The van der Waals surface area contributed by atoms with Crippen LogP contribution in [0.5, 0.6) is 0 Å². The van der Waals surface area contributed by atoms with Crippen molar-refractivity contribution in [2.75, 3.05) is 13.1 Å². The van der Waals surface area contributed by atoms with Gasteiger partial charge >= 0.3 is 5.69 Å². The van der Waals surface area contributed by atoms with E-state index < -0.39 is 10.8 Å². The van der Waals surface area contributed by atoms with E-state index in [1.165, 1.54) is 4.57 Å². The molecule has 1 aromatic carbocycles. The molecule has 0 bridgehead atoms. The summed E-state index contributed by atoms with van der Waals surface area (Å²) in [7, 11) is 0.806. The van der Waals surface area contributed by atoms with Gasteiger partial charge in [0, 0.05) is 41.4 Å². The fourth-order valence-electron chi connectivity index (χ4n) is 3.19. The first-order valence-electron chi connectivity index (χ1n) is 7.71. The molecule has 1 aromatic heterocycles. The quantitative estimate of drug-likeness (QED) is 0.812. The Bertz CT molecular complexity index is 825. The normalized spacial score (nSPS) is 25.0. The molecule has 2 heterocycles. The Morgan fingerprint density at radius 1 is 1.17 bits per heavy atom. The second kappa shape index (κ2) is 5.96. The zero-order valence-corrected chi connectivity index (χ0v) is 14.4. The summed E-state index contributed by atoms with van der Waals surface area (Å²) in [5.74, 6) is -0.0983. The molecule has 2 atom stereocenters. The number of rotatable bonds is 2. The molecule has 0 spiro atoms. The van der Waals surface area contributed by atoms with Crippen LogP contribution in [0.15, 0.2) is 29.1 Å². The number of amides is 1. The smallest absolute Gasteiger partial charge is 0.329 e. The van der Waals surface area contributed by atoms with Crippen molar-refractivity contribution in [3.63, 3.8) is 0 Å². The van der Waals surface area contributed by atoms with E-state index in [4.69, 9.17) is 0 Å². The van der Waals surface area contributed by atoms with Crippen LogP contribution in [0.3, 0.4) is 0 Å². The van der Waals surface area contributed by atoms with Crippen molar-refractivity contribution in [2.45, 2.75) is 30.9 Å². The third-order valence-corrected chi connectivity index (χ3v) is 6.33. The van der Waals surface area contributed by atoms with Crippen LogP contribution in [0.25, 0.3) is 11.0 Å². The molecule has 0 N–H and O–H groups in total. The van der Waals surface area contributed by atoms with Crippen LogP contribution in [0.2, 0.25) is 0 Å². The molecule has 7 heteroatoms. The maximum Gasteiger partial charge on any atom is 0.329 e. The molecule has 1 amide bonds. The number of carbonyl (C=O) groups is 1. The summed E-state index contributed by atoms with van der Waals surface area (Å²) in [5, 5.41) is -0.0705. The number of aromatic nitrogens is 2. The van der Waals surface area contributed by atoms with E-state index in [9.17, 15) is 13.8 Å². The summed E-state index contributed by atoms with van der Waals surface area (Å²) in [5.41, 5.74) is 1.38. The van der Waals surface area contributed by atoms with Crippen molar-refractivity contribution in [2.24, 2.45) is 7.05 Å². The molecule has 2 aromatic rings. The van der Waals surface area contributed by atoms with E-state index in [2.05, 4.69) is 0 Å². The van der Waals surface area contributed by atoms with E-state index in [0.717, 1.165) is 11.0 Å². The van der Waals surface area contributed by atoms with Gasteiger partial charge in [-0.15, -0.1) is 0 Å². The van der Waals surface area contributed by atoms with Crippen molar-refractivity contribution in [1.29, 1.82) is 0 Å². The van der Waals surface area contributed by atoms with Crippen molar-refractivity contribution >= 4 is 27.7 Å². The number of carbonyl (C=O) groups excluding carboxylic acids is 1. The summed E-state index contributed by atoms with van der Waals surface area (Å²) >= 11 is 0. The minimum atomic E-state index is -0.902. The Kier molecular flexibility index (Phi) is 4.14. The average Bonchev–Trinajstić information content (AvgIpc) is 2.77. The molecule has 1 saturated heterocycles. The van der Waals surface area contributed by atoms with Gasteiger partial charge in [0.15, 0.2) is 0 Å². The summed E-state index contributed by atoms with van der Waals surface area (Å²) < 4.78 is 15.1. The average molecular weight is 335 g/mol. The molecule has 6 nitrogen and oxygen atoms in total. The molecular formula is C16H21N3O3S. The second-order valence-electron chi connectivity index (χ2n) is 6.16. The lowest BCUT2D eigenvalue weighted by molar-refractivity contribution is -0.132. The SMILES string of the molecule is CC1CN(C(=O)Cn2c(=O)n(C)c3ccccc32)CC(C)S1=O. The zero-order valence-electron chi connectivity index (χ0n) is 13.6. The van der Waals surface area contributed by atoms with Crippen LogP contribution in [-0.2, 0) is 29.2 Å². The summed E-state index contributed by atoms with van der Waals surface area (Å²) in [6, 6.07) is 7.45. The molecule has 23 heavy (non-hydrogen) atoms. The van der Waals surface area contributed by atoms with Gasteiger partial charge in [-0.3, -0.25) is 18.1 Å². The standard InChI is InChI=1S/C16H21N3O3S/c1-11-8-18(9-12(2)23(11)22)15(20)10-19-14-7-5-4-6-13(14)17(3)16(19)21/h4-7,11-12H,8-10H2,1-3H3. The largest absolute Gasteiger partial charge is 0.339 e. The third kappa shape index (κ3) is 2.73. The van der Waals surface area contributed by atoms with Gasteiger partial charge in [-0.05, 0) is 26.0 Å². The Balaban J connectivity index is 1.88. The highest BCUT2D eigenvalue weighted by Crippen LogP contribution is 2.16. The van der Waals surface area contributed by atoms with Gasteiger partial charge < -0.3 is 4.90 Å². The molecule has 1 aliphatic heterocycles. The lowest BCUT2D eigenvalue weighted by Crippen LogP contribution is -2.50. The van der Waals surface area contributed by atoms with Crippen LogP contribution in [0.1, 0.15) is 13.8 Å². The van der Waals surface area contributed by atoms with Gasteiger partial charge in [-0.2, -0.15) is 0 Å². The van der Waals surface area contributed by atoms with E-state index in [1.807, 2.05) is 38.1 Å². The van der Waals surface area contributed by atoms with Gasteiger partial charge in [-0.25, -0.2) is 4.79 Å². The predicted octanol–water partition coefficient (Wildman–Crippen LogP) is 0.708. The van der Waals surface area contributed by atoms with Gasteiger partial charge in [0.05, 0.1) is 11.0 Å². The lowest BCUT2D eigenvalue weighted by Gasteiger charge is -2.34. The number of aryl methyl sites for hydroxylation is 1. The van der Waals surface area contributed by atoms with Crippen molar-refractivity contribution < 1.29 is 9.00 Å². The number of para-hydroxylation sites is 2. The molecule has 2 unspecified atom stereocenters. The summed E-state index contributed by atoms with van der Waals surface area (Å²) in [6.45, 7) is 4.78. The predicted molar refractivity (Wildman–Crippen MR) is 90.8 cm³/mol. The van der Waals surface area contributed by atoms with Gasteiger partial charge in [0.2, 0.25) is 5.91 Å². The number of nitrogens with zero attached hydrogens (tertiary/aromatic N) is 3. The highest BCUT2D eigenvalue weighted by molar-refractivity contribution is 7.86. The molecule has 124 valence electrons. The van der Waals surface area contributed by atoms with Crippen LogP contribution in [0.4, 0.5) is 0 Å². The Morgan fingerprint density at radius 3 is 2.35 bits per heavy atom. The van der Waals surface area contributed by atoms with Crippen LogP contribution in [-0.4, -0.2) is 47.7 Å². The number of benzene rings is 1. The summed E-state index contributed by atoms with van der Waals surface area (Å²) in [4.78, 5) is 26.7. The van der Waals surface area contributed by atoms with E-state index in [1.54, 1.807) is 16.5 Å². The number of hydrogen-bond acceptors (Lipinski definition) is 3. The maximum absolute atomic E-state index is 12.6. The van der Waals surface area contributed by atoms with Crippen LogP contribution < -0.4 is 5.69 Å². The number of hydrogen-bond donors (Lipinski definition) is 0. The Hall–Kier alpha value is -1.89. The van der Waals surface area contributed by atoms with Gasteiger partial charge in [-0.1, -0.05) is 12.1 Å². The summed E-state index contributed by atoms with van der Waals surface area (Å²) in [6.07, 6.45) is 0. The monoisotopic (exact) mass is 335 g/mol. The van der Waals surface area contributed by atoms with Gasteiger partial charge in [0.1, 0.15) is 6.54 Å². The minimum absolute atomic E-state index is 0.0201. The molecule has 1 fully saturated rings. The first kappa shape index (κ1) is 16.0. The van der Waals surface area contributed by atoms with Crippen molar-refractivity contribution in [3.05, 3.63) is 34.7 Å². The lowest BCUT2D eigenvalue weighted by atomic mass is 10.3. The van der Waals surface area contributed by atoms with Crippen LogP contribution >= 0.6 is 0 Å². The van der Waals surface area contributed by atoms with E-state index in [-0.39, 0.29) is 28.6 Å². The fourth-order valence-corrected chi connectivity index (χ4v) is 4.64. The number of fused-ring (bicyclic) bond motifs is 1. The minimum Gasteiger partial charge on any atom is -0.339 e. The van der Waals surface area contributed by atoms with Gasteiger partial charge in [0.25, 0.3) is 0 Å². The first-order valence-corrected chi connectivity index (χ1v) is 8.99. The third-order valence-electron chi connectivity index (χ3n) is 4.45. The Labute approximate surface area is 137 Å². The second-order valence-corrected chi connectivity index (χ2v) is 8.43.